The van der Waals surface area contributed by atoms with Gasteiger partial charge < -0.3 is 4.74 Å². The van der Waals surface area contributed by atoms with Crippen LogP contribution in [0.5, 0.6) is 5.75 Å². The van der Waals surface area contributed by atoms with Gasteiger partial charge >= 0.3 is 0 Å². The van der Waals surface area contributed by atoms with Crippen molar-refractivity contribution in [3.8, 4) is 11.6 Å². The monoisotopic (exact) mass is 424 g/mol. The highest BCUT2D eigenvalue weighted by atomic mass is 32.2. The minimum absolute atomic E-state index is 0.0436. The second-order valence-corrected chi connectivity index (χ2v) is 8.98. The summed E-state index contributed by atoms with van der Waals surface area (Å²) in [5, 5.41) is 9.33. The zero-order valence-electron chi connectivity index (χ0n) is 16.5. The normalized spacial score (nSPS) is 14.2. The van der Waals surface area contributed by atoms with Crippen LogP contribution in [0.1, 0.15) is 24.3 Å². The Morgan fingerprint density at radius 2 is 1.93 bits per heavy atom. The lowest BCUT2D eigenvalue weighted by Crippen LogP contribution is -2.15. The highest BCUT2D eigenvalue weighted by molar-refractivity contribution is 7.92. The number of fused-ring (bicyclic) bond motifs is 1. The molecule has 10 heteroatoms. The number of nitrogens with one attached hydrogen (secondary N) is 1. The molecule has 1 aliphatic carbocycles. The molecule has 0 bridgehead atoms. The van der Waals surface area contributed by atoms with E-state index in [1.807, 2.05) is 18.5 Å². The third kappa shape index (κ3) is 3.18. The average Bonchev–Trinajstić information content (AvgIpc) is 3.35. The van der Waals surface area contributed by atoms with Crippen LogP contribution in [0, 0.1) is 0 Å². The van der Waals surface area contributed by atoms with Crippen molar-refractivity contribution in [2.24, 2.45) is 7.05 Å². The molecule has 0 amide bonds. The minimum atomic E-state index is -3.89. The maximum Gasteiger partial charge on any atom is 0.263 e. The van der Waals surface area contributed by atoms with Crippen LogP contribution in [-0.2, 0) is 17.1 Å². The first-order valence-electron chi connectivity index (χ1n) is 9.49. The molecule has 0 radical (unpaired) electrons. The second-order valence-electron chi connectivity index (χ2n) is 7.30. The van der Waals surface area contributed by atoms with Crippen LogP contribution in [0.2, 0.25) is 0 Å². The number of rotatable bonds is 6. The first kappa shape index (κ1) is 18.6. The Bertz CT molecular complexity index is 1340. The summed E-state index contributed by atoms with van der Waals surface area (Å²) in [6.07, 6.45) is 9.16. The molecule has 0 atom stereocenters. The molecule has 1 aromatic carbocycles. The standard InChI is InChI=1S/C20H20N6O3S/c1-25-20-14(9-22-25)5-7-17(29-2)19(20)24-30(27,28)16-6-8-18(21-11-16)26-12-15(10-23-26)13-3-4-13/h5-13,24H,3-4H2,1-2H3. The molecule has 3 heterocycles. The summed E-state index contributed by atoms with van der Waals surface area (Å²) in [6.45, 7) is 0. The lowest BCUT2D eigenvalue weighted by atomic mass is 10.2. The molecule has 5 rings (SSSR count). The van der Waals surface area contributed by atoms with E-state index in [1.165, 1.54) is 37.8 Å². The Hall–Kier alpha value is -3.40. The largest absolute Gasteiger partial charge is 0.494 e. The topological polar surface area (TPSA) is 104 Å². The second kappa shape index (κ2) is 6.84. The average molecular weight is 424 g/mol. The van der Waals surface area contributed by atoms with E-state index in [4.69, 9.17) is 4.74 Å². The van der Waals surface area contributed by atoms with Crippen molar-refractivity contribution in [1.82, 2.24) is 24.5 Å². The number of sulfonamides is 1. The number of methoxy groups -OCH3 is 1. The van der Waals surface area contributed by atoms with Crippen LogP contribution in [0.15, 0.2) is 53.9 Å². The number of ether oxygens (including phenoxy) is 1. The van der Waals surface area contributed by atoms with E-state index in [2.05, 4.69) is 19.9 Å². The van der Waals surface area contributed by atoms with E-state index in [-0.39, 0.29) is 4.90 Å². The van der Waals surface area contributed by atoms with E-state index < -0.39 is 10.0 Å². The molecule has 1 saturated carbocycles. The smallest absolute Gasteiger partial charge is 0.263 e. The molecule has 9 nitrogen and oxygen atoms in total. The number of hydrogen-bond donors (Lipinski definition) is 1. The Labute approximate surface area is 173 Å². The third-order valence-electron chi connectivity index (χ3n) is 5.24. The molecule has 0 unspecified atom stereocenters. The summed E-state index contributed by atoms with van der Waals surface area (Å²) in [4.78, 5) is 4.34. The number of hydrogen-bond acceptors (Lipinski definition) is 6. The summed E-state index contributed by atoms with van der Waals surface area (Å²) in [5.41, 5.74) is 2.15. The Balaban J connectivity index is 1.47. The molecule has 1 fully saturated rings. The fourth-order valence-corrected chi connectivity index (χ4v) is 4.49. The Morgan fingerprint density at radius 3 is 2.63 bits per heavy atom. The SMILES string of the molecule is COc1ccc2cnn(C)c2c1NS(=O)(=O)c1ccc(-n2cc(C3CC3)cn2)nc1. The highest BCUT2D eigenvalue weighted by Gasteiger charge is 2.25. The number of aromatic nitrogens is 5. The van der Waals surface area contributed by atoms with Gasteiger partial charge in [0.25, 0.3) is 10.0 Å². The molecule has 3 aromatic heterocycles. The van der Waals surface area contributed by atoms with Gasteiger partial charge in [-0.15, -0.1) is 0 Å². The zero-order chi connectivity index (χ0) is 20.9. The Morgan fingerprint density at radius 1 is 1.10 bits per heavy atom. The summed E-state index contributed by atoms with van der Waals surface area (Å²) >= 11 is 0. The van der Waals surface area contributed by atoms with E-state index in [1.54, 1.807) is 34.7 Å². The van der Waals surface area contributed by atoms with Gasteiger partial charge in [-0.25, -0.2) is 18.1 Å². The van der Waals surface area contributed by atoms with Crippen molar-refractivity contribution in [1.29, 1.82) is 0 Å². The molecule has 0 saturated heterocycles. The molecule has 0 spiro atoms. The van der Waals surface area contributed by atoms with Gasteiger partial charge in [0.2, 0.25) is 0 Å². The van der Waals surface area contributed by atoms with Crippen LogP contribution in [0.3, 0.4) is 0 Å². The van der Waals surface area contributed by atoms with E-state index in [9.17, 15) is 8.42 Å². The van der Waals surface area contributed by atoms with Crippen molar-refractivity contribution in [2.75, 3.05) is 11.8 Å². The molecule has 1 N–H and O–H groups in total. The molecular formula is C20H20N6O3S. The number of nitrogens with zero attached hydrogens (tertiary/aromatic N) is 5. The minimum Gasteiger partial charge on any atom is -0.494 e. The van der Waals surface area contributed by atoms with Crippen molar-refractivity contribution in [3.63, 3.8) is 0 Å². The molecule has 4 aromatic rings. The molecule has 154 valence electrons. The first-order valence-corrected chi connectivity index (χ1v) is 11.0. The van der Waals surface area contributed by atoms with Crippen molar-refractivity contribution >= 4 is 26.6 Å². The summed E-state index contributed by atoms with van der Waals surface area (Å²) in [6, 6.07) is 6.69. The lowest BCUT2D eigenvalue weighted by Gasteiger charge is -2.14. The van der Waals surface area contributed by atoms with Gasteiger partial charge in [-0.2, -0.15) is 10.2 Å². The highest BCUT2D eigenvalue weighted by Crippen LogP contribution is 2.40. The van der Waals surface area contributed by atoms with Crippen LogP contribution in [0.25, 0.3) is 16.7 Å². The molecule has 0 aliphatic heterocycles. The van der Waals surface area contributed by atoms with Crippen LogP contribution < -0.4 is 9.46 Å². The fourth-order valence-electron chi connectivity index (χ4n) is 3.47. The predicted octanol–water partition coefficient (Wildman–Crippen LogP) is 2.84. The van der Waals surface area contributed by atoms with Crippen LogP contribution in [-0.4, -0.2) is 40.1 Å². The predicted molar refractivity (Wildman–Crippen MR) is 111 cm³/mol. The number of benzene rings is 1. The Kier molecular flexibility index (Phi) is 4.24. The quantitative estimate of drug-likeness (QED) is 0.510. The fraction of sp³-hybridized carbons (Fsp3) is 0.250. The summed E-state index contributed by atoms with van der Waals surface area (Å²) < 4.78 is 37.3. The van der Waals surface area contributed by atoms with Gasteiger partial charge in [-0.1, -0.05) is 0 Å². The van der Waals surface area contributed by atoms with Gasteiger partial charge in [0.1, 0.15) is 16.3 Å². The number of anilines is 1. The van der Waals surface area contributed by atoms with E-state index in [0.717, 1.165) is 5.39 Å². The number of aryl methyl sites for hydroxylation is 1. The molecule has 1 aliphatic rings. The van der Waals surface area contributed by atoms with Gasteiger partial charge in [-0.05, 0) is 48.6 Å². The maximum atomic E-state index is 13.0. The van der Waals surface area contributed by atoms with Gasteiger partial charge in [0.05, 0.1) is 25.0 Å². The van der Waals surface area contributed by atoms with Crippen molar-refractivity contribution < 1.29 is 13.2 Å². The van der Waals surface area contributed by atoms with E-state index >= 15 is 0 Å². The summed E-state index contributed by atoms with van der Waals surface area (Å²) in [5.74, 6) is 1.56. The van der Waals surface area contributed by atoms with Gasteiger partial charge in [-0.3, -0.25) is 9.40 Å². The lowest BCUT2D eigenvalue weighted by molar-refractivity contribution is 0.417. The van der Waals surface area contributed by atoms with Gasteiger partial charge in [0.15, 0.2) is 5.82 Å². The van der Waals surface area contributed by atoms with E-state index in [0.29, 0.717) is 28.7 Å². The number of pyridine rings is 1. The van der Waals surface area contributed by atoms with Crippen molar-refractivity contribution in [2.45, 2.75) is 23.7 Å². The third-order valence-corrected chi connectivity index (χ3v) is 6.57. The zero-order valence-corrected chi connectivity index (χ0v) is 17.3. The summed E-state index contributed by atoms with van der Waals surface area (Å²) in [7, 11) is -0.655. The maximum absolute atomic E-state index is 13.0. The molecular weight excluding hydrogens is 404 g/mol. The van der Waals surface area contributed by atoms with Crippen LogP contribution in [0.4, 0.5) is 5.69 Å². The molecule has 30 heavy (non-hydrogen) atoms. The van der Waals surface area contributed by atoms with Crippen molar-refractivity contribution in [3.05, 3.63) is 54.6 Å². The van der Waals surface area contributed by atoms with Crippen LogP contribution >= 0.6 is 0 Å². The first-order chi connectivity index (χ1) is 14.5. The van der Waals surface area contributed by atoms with Gasteiger partial charge in [0, 0.05) is 24.8 Å².